The third-order valence-electron chi connectivity index (χ3n) is 2.38. The molecule has 0 aliphatic carbocycles. The zero-order valence-corrected chi connectivity index (χ0v) is 6.64. The van der Waals surface area contributed by atoms with Crippen molar-refractivity contribution in [1.29, 1.82) is 0 Å². The van der Waals surface area contributed by atoms with Gasteiger partial charge < -0.3 is 10.4 Å². The van der Waals surface area contributed by atoms with E-state index in [9.17, 15) is 5.11 Å². The molecule has 2 nitrogen and oxygen atoms in total. The van der Waals surface area contributed by atoms with Gasteiger partial charge in [-0.25, -0.2) is 0 Å². The highest BCUT2D eigenvalue weighted by atomic mass is 16.3. The van der Waals surface area contributed by atoms with Crippen LogP contribution in [0.1, 0.15) is 26.2 Å². The standard InChI is InChI=1S/C8H17NO/c1-2-7-3-5-9-6-4-8(7)10/h7-10H,2-6H2,1H3. The van der Waals surface area contributed by atoms with Gasteiger partial charge in [0, 0.05) is 0 Å². The van der Waals surface area contributed by atoms with Crippen LogP contribution in [0, 0.1) is 5.92 Å². The Kier molecular flexibility index (Phi) is 3.16. The van der Waals surface area contributed by atoms with Crippen molar-refractivity contribution in [2.24, 2.45) is 5.92 Å². The van der Waals surface area contributed by atoms with Crippen LogP contribution in [0.25, 0.3) is 0 Å². The van der Waals surface area contributed by atoms with Crippen molar-refractivity contribution in [2.75, 3.05) is 13.1 Å². The highest BCUT2D eigenvalue weighted by Gasteiger charge is 2.18. The van der Waals surface area contributed by atoms with Gasteiger partial charge in [0.15, 0.2) is 0 Å². The summed E-state index contributed by atoms with van der Waals surface area (Å²) < 4.78 is 0. The normalized spacial score (nSPS) is 35.4. The molecule has 0 saturated carbocycles. The second-order valence-corrected chi connectivity index (χ2v) is 3.06. The fourth-order valence-electron chi connectivity index (χ4n) is 1.57. The number of nitrogens with one attached hydrogen (secondary N) is 1. The second kappa shape index (κ2) is 3.94. The molecule has 0 aromatic heterocycles. The summed E-state index contributed by atoms with van der Waals surface area (Å²) in [5, 5.41) is 12.8. The lowest BCUT2D eigenvalue weighted by atomic mass is 9.95. The topological polar surface area (TPSA) is 32.3 Å². The average Bonchev–Trinajstić information content (AvgIpc) is 2.13. The Labute approximate surface area is 62.6 Å². The third kappa shape index (κ3) is 1.96. The van der Waals surface area contributed by atoms with Gasteiger partial charge >= 0.3 is 0 Å². The average molecular weight is 143 g/mol. The van der Waals surface area contributed by atoms with Crippen LogP contribution >= 0.6 is 0 Å². The Hall–Kier alpha value is -0.0800. The van der Waals surface area contributed by atoms with E-state index in [1.807, 2.05) is 0 Å². The molecule has 1 aliphatic heterocycles. The van der Waals surface area contributed by atoms with Crippen molar-refractivity contribution in [1.82, 2.24) is 5.32 Å². The van der Waals surface area contributed by atoms with Crippen molar-refractivity contribution in [2.45, 2.75) is 32.3 Å². The van der Waals surface area contributed by atoms with Crippen LogP contribution in [-0.4, -0.2) is 24.3 Å². The summed E-state index contributed by atoms with van der Waals surface area (Å²) in [6.07, 6.45) is 3.12. The molecule has 1 aliphatic rings. The lowest BCUT2D eigenvalue weighted by Gasteiger charge is -2.16. The zero-order valence-electron chi connectivity index (χ0n) is 6.64. The van der Waals surface area contributed by atoms with Crippen LogP contribution in [0.15, 0.2) is 0 Å². The molecule has 2 atom stereocenters. The van der Waals surface area contributed by atoms with Crippen LogP contribution in [0.3, 0.4) is 0 Å². The summed E-state index contributed by atoms with van der Waals surface area (Å²) in [5.41, 5.74) is 0. The first-order valence-electron chi connectivity index (χ1n) is 4.23. The molecule has 2 N–H and O–H groups in total. The number of hydrogen-bond acceptors (Lipinski definition) is 2. The predicted octanol–water partition coefficient (Wildman–Crippen LogP) is 0.757. The van der Waals surface area contributed by atoms with Crippen LogP contribution in [0.4, 0.5) is 0 Å². The van der Waals surface area contributed by atoms with Crippen molar-refractivity contribution >= 4 is 0 Å². The van der Waals surface area contributed by atoms with Gasteiger partial charge in [-0.3, -0.25) is 0 Å². The fraction of sp³-hybridized carbons (Fsp3) is 1.00. The van der Waals surface area contributed by atoms with Crippen LogP contribution in [-0.2, 0) is 0 Å². The van der Waals surface area contributed by atoms with Crippen LogP contribution < -0.4 is 5.32 Å². The lowest BCUT2D eigenvalue weighted by Crippen LogP contribution is -2.18. The molecule has 0 amide bonds. The molecule has 1 saturated heterocycles. The van der Waals surface area contributed by atoms with Crippen molar-refractivity contribution in [3.63, 3.8) is 0 Å². The Balaban J connectivity index is 2.35. The minimum absolute atomic E-state index is 0.0556. The number of hydrogen-bond donors (Lipinski definition) is 2. The molecular weight excluding hydrogens is 126 g/mol. The van der Waals surface area contributed by atoms with Crippen molar-refractivity contribution in [3.05, 3.63) is 0 Å². The molecule has 1 rings (SSSR count). The maximum atomic E-state index is 9.51. The van der Waals surface area contributed by atoms with Crippen molar-refractivity contribution < 1.29 is 5.11 Å². The van der Waals surface area contributed by atoms with E-state index in [0.29, 0.717) is 5.92 Å². The van der Waals surface area contributed by atoms with E-state index in [4.69, 9.17) is 0 Å². The van der Waals surface area contributed by atoms with Crippen molar-refractivity contribution in [3.8, 4) is 0 Å². The van der Waals surface area contributed by atoms with E-state index in [-0.39, 0.29) is 6.10 Å². The molecule has 0 aromatic carbocycles. The van der Waals surface area contributed by atoms with E-state index in [1.54, 1.807) is 0 Å². The molecular formula is C8H17NO. The highest BCUT2D eigenvalue weighted by Crippen LogP contribution is 2.17. The van der Waals surface area contributed by atoms with Gasteiger partial charge in [-0.1, -0.05) is 13.3 Å². The Morgan fingerprint density at radius 1 is 1.40 bits per heavy atom. The Morgan fingerprint density at radius 2 is 2.10 bits per heavy atom. The quantitative estimate of drug-likeness (QED) is 0.568. The summed E-state index contributed by atoms with van der Waals surface area (Å²) in [7, 11) is 0. The van der Waals surface area contributed by atoms with Gasteiger partial charge in [0.2, 0.25) is 0 Å². The third-order valence-corrected chi connectivity index (χ3v) is 2.38. The van der Waals surface area contributed by atoms with E-state index < -0.39 is 0 Å². The smallest absolute Gasteiger partial charge is 0.0580 e. The van der Waals surface area contributed by atoms with Gasteiger partial charge in [0.25, 0.3) is 0 Å². The summed E-state index contributed by atoms with van der Waals surface area (Å²) >= 11 is 0. The Morgan fingerprint density at radius 3 is 2.80 bits per heavy atom. The monoisotopic (exact) mass is 143 g/mol. The maximum absolute atomic E-state index is 9.51. The summed E-state index contributed by atoms with van der Waals surface area (Å²) in [4.78, 5) is 0. The van der Waals surface area contributed by atoms with E-state index in [0.717, 1.165) is 32.4 Å². The largest absolute Gasteiger partial charge is 0.393 e. The zero-order chi connectivity index (χ0) is 7.40. The maximum Gasteiger partial charge on any atom is 0.0580 e. The summed E-state index contributed by atoms with van der Waals surface area (Å²) in [6.45, 7) is 4.21. The molecule has 0 spiro atoms. The van der Waals surface area contributed by atoms with Crippen LogP contribution in [0.2, 0.25) is 0 Å². The fourth-order valence-corrected chi connectivity index (χ4v) is 1.57. The number of aliphatic hydroxyl groups excluding tert-OH is 1. The SMILES string of the molecule is CCC1CCNCCC1O. The summed E-state index contributed by atoms with van der Waals surface area (Å²) in [5.74, 6) is 0.537. The number of rotatable bonds is 1. The van der Waals surface area contributed by atoms with Crippen LogP contribution in [0.5, 0.6) is 0 Å². The van der Waals surface area contributed by atoms with E-state index in [2.05, 4.69) is 12.2 Å². The van der Waals surface area contributed by atoms with Gasteiger partial charge in [-0.15, -0.1) is 0 Å². The molecule has 2 unspecified atom stereocenters. The summed E-state index contributed by atoms with van der Waals surface area (Å²) in [6, 6.07) is 0. The van der Waals surface area contributed by atoms with E-state index in [1.165, 1.54) is 0 Å². The first kappa shape index (κ1) is 8.02. The minimum atomic E-state index is -0.0556. The highest BCUT2D eigenvalue weighted by molar-refractivity contribution is 4.73. The van der Waals surface area contributed by atoms with Gasteiger partial charge in [-0.2, -0.15) is 0 Å². The predicted molar refractivity (Wildman–Crippen MR) is 41.9 cm³/mol. The lowest BCUT2D eigenvalue weighted by molar-refractivity contribution is 0.102. The Bertz CT molecular complexity index is 95.3. The minimum Gasteiger partial charge on any atom is -0.393 e. The molecule has 1 heterocycles. The van der Waals surface area contributed by atoms with Gasteiger partial charge in [0.05, 0.1) is 6.10 Å². The molecule has 0 aromatic rings. The first-order chi connectivity index (χ1) is 4.84. The second-order valence-electron chi connectivity index (χ2n) is 3.06. The molecule has 0 bridgehead atoms. The molecule has 2 heteroatoms. The van der Waals surface area contributed by atoms with Gasteiger partial charge in [-0.05, 0) is 31.8 Å². The van der Waals surface area contributed by atoms with Gasteiger partial charge in [0.1, 0.15) is 0 Å². The molecule has 0 radical (unpaired) electrons. The van der Waals surface area contributed by atoms with E-state index >= 15 is 0 Å². The molecule has 1 fully saturated rings. The molecule has 10 heavy (non-hydrogen) atoms. The molecule has 60 valence electrons. The first-order valence-corrected chi connectivity index (χ1v) is 4.23. The number of aliphatic hydroxyl groups is 1.